The number of aromatic nitrogens is 2. The fraction of sp³-hybridized carbons (Fsp3) is 0.381. The van der Waals surface area contributed by atoms with E-state index in [1.165, 1.54) is 12.0 Å². The van der Waals surface area contributed by atoms with Gasteiger partial charge in [0, 0.05) is 37.1 Å². The predicted molar refractivity (Wildman–Crippen MR) is 107 cm³/mol. The topological polar surface area (TPSA) is 49.3 Å². The lowest BCUT2D eigenvalue weighted by molar-refractivity contribution is 0.0595. The van der Waals surface area contributed by atoms with Gasteiger partial charge >= 0.3 is 0 Å². The summed E-state index contributed by atoms with van der Waals surface area (Å²) >= 11 is 1.88. The standard InChI is InChI=1S/C21H22N4OS/c26-21(19-13-22-17-3-1-2-4-18(17)23-19)24-9-5-16(6-10-24)25-11-7-20-15(14-25)8-12-27-20/h1-4,8,12-13,16H,5-7,9-11,14H2. The first kappa shape index (κ1) is 16.8. The van der Waals surface area contributed by atoms with Crippen LogP contribution in [0.1, 0.15) is 33.8 Å². The maximum atomic E-state index is 12.9. The Hall–Kier alpha value is -2.31. The number of hydrogen-bond donors (Lipinski definition) is 0. The molecule has 0 unspecified atom stereocenters. The van der Waals surface area contributed by atoms with E-state index in [9.17, 15) is 4.79 Å². The van der Waals surface area contributed by atoms with Crippen molar-refractivity contribution in [1.29, 1.82) is 0 Å². The van der Waals surface area contributed by atoms with Gasteiger partial charge in [-0.05, 0) is 48.4 Å². The molecule has 1 aromatic carbocycles. The van der Waals surface area contributed by atoms with E-state index in [1.807, 2.05) is 40.5 Å². The van der Waals surface area contributed by atoms with Gasteiger partial charge in [-0.15, -0.1) is 11.3 Å². The van der Waals surface area contributed by atoms with Crippen molar-refractivity contribution < 1.29 is 4.79 Å². The number of likely N-dealkylation sites (tertiary alicyclic amines) is 1. The second-order valence-electron chi connectivity index (χ2n) is 7.36. The van der Waals surface area contributed by atoms with Crippen molar-refractivity contribution in [3.8, 4) is 0 Å². The zero-order chi connectivity index (χ0) is 18.2. The molecule has 3 aromatic rings. The molecule has 138 valence electrons. The molecule has 6 heteroatoms. The number of benzene rings is 1. The third-order valence-corrected chi connectivity index (χ3v) is 6.80. The molecule has 1 fully saturated rings. The van der Waals surface area contributed by atoms with Crippen LogP contribution in [0.2, 0.25) is 0 Å². The summed E-state index contributed by atoms with van der Waals surface area (Å²) in [5.41, 5.74) is 3.55. The summed E-state index contributed by atoms with van der Waals surface area (Å²) in [6.45, 7) is 3.80. The maximum absolute atomic E-state index is 12.9. The summed E-state index contributed by atoms with van der Waals surface area (Å²) in [5, 5.41) is 2.21. The van der Waals surface area contributed by atoms with Crippen molar-refractivity contribution in [2.45, 2.75) is 31.8 Å². The normalized spacial score (nSPS) is 18.6. The van der Waals surface area contributed by atoms with Gasteiger partial charge < -0.3 is 4.90 Å². The number of piperidine rings is 1. The van der Waals surface area contributed by atoms with Gasteiger partial charge in [0.15, 0.2) is 0 Å². The van der Waals surface area contributed by atoms with Gasteiger partial charge in [0.05, 0.1) is 17.2 Å². The zero-order valence-electron chi connectivity index (χ0n) is 15.2. The lowest BCUT2D eigenvalue weighted by atomic mass is 9.99. The molecular weight excluding hydrogens is 356 g/mol. The van der Waals surface area contributed by atoms with Gasteiger partial charge in [-0.3, -0.25) is 14.7 Å². The Balaban J connectivity index is 1.24. The van der Waals surface area contributed by atoms with E-state index in [1.54, 1.807) is 11.1 Å². The van der Waals surface area contributed by atoms with Crippen LogP contribution in [0.5, 0.6) is 0 Å². The molecule has 0 radical (unpaired) electrons. The van der Waals surface area contributed by atoms with E-state index in [0.717, 1.165) is 50.1 Å². The van der Waals surface area contributed by atoms with E-state index >= 15 is 0 Å². The molecule has 0 aliphatic carbocycles. The van der Waals surface area contributed by atoms with Crippen molar-refractivity contribution in [2.24, 2.45) is 0 Å². The fourth-order valence-electron chi connectivity index (χ4n) is 4.24. The van der Waals surface area contributed by atoms with E-state index in [0.29, 0.717) is 11.7 Å². The number of hydrogen-bond acceptors (Lipinski definition) is 5. The number of carbonyl (C=O) groups excluding carboxylic acids is 1. The van der Waals surface area contributed by atoms with Crippen LogP contribution in [0.25, 0.3) is 11.0 Å². The van der Waals surface area contributed by atoms with Gasteiger partial charge in [-0.1, -0.05) is 12.1 Å². The minimum atomic E-state index is 0.00506. The molecule has 0 bridgehead atoms. The third-order valence-electron chi connectivity index (χ3n) is 5.77. The molecule has 0 N–H and O–H groups in total. The molecule has 5 rings (SSSR count). The molecular formula is C21H22N4OS. The highest BCUT2D eigenvalue weighted by molar-refractivity contribution is 7.10. The Labute approximate surface area is 162 Å². The smallest absolute Gasteiger partial charge is 0.274 e. The molecule has 2 aliphatic rings. The van der Waals surface area contributed by atoms with Crippen LogP contribution in [0.15, 0.2) is 41.9 Å². The minimum Gasteiger partial charge on any atom is -0.337 e. The summed E-state index contributed by atoms with van der Waals surface area (Å²) in [7, 11) is 0. The average Bonchev–Trinajstić information content (AvgIpc) is 3.21. The lowest BCUT2D eigenvalue weighted by Gasteiger charge is -2.40. The Kier molecular flexibility index (Phi) is 4.38. The molecule has 4 heterocycles. The molecule has 1 saturated heterocycles. The van der Waals surface area contributed by atoms with Gasteiger partial charge in [0.1, 0.15) is 5.69 Å². The van der Waals surface area contributed by atoms with Crippen LogP contribution in [0.4, 0.5) is 0 Å². The molecule has 2 aromatic heterocycles. The number of carbonyl (C=O) groups is 1. The van der Waals surface area contributed by atoms with Crippen molar-refractivity contribution in [3.05, 3.63) is 58.0 Å². The number of thiophene rings is 1. The minimum absolute atomic E-state index is 0.00506. The summed E-state index contributed by atoms with van der Waals surface area (Å²) in [5.74, 6) is 0.00506. The SMILES string of the molecule is O=C(c1cnc2ccccc2n1)N1CCC(N2CCc3sccc3C2)CC1. The Morgan fingerprint density at radius 3 is 2.74 bits per heavy atom. The molecule has 0 spiro atoms. The van der Waals surface area contributed by atoms with Crippen LogP contribution in [0, 0.1) is 0 Å². The Bertz CT molecular complexity index is 977. The van der Waals surface area contributed by atoms with Crippen molar-refractivity contribution >= 4 is 28.3 Å². The molecule has 27 heavy (non-hydrogen) atoms. The van der Waals surface area contributed by atoms with E-state index in [2.05, 4.69) is 26.3 Å². The highest BCUT2D eigenvalue weighted by Gasteiger charge is 2.30. The average molecular weight is 379 g/mol. The molecule has 5 nitrogen and oxygen atoms in total. The third kappa shape index (κ3) is 3.24. The largest absolute Gasteiger partial charge is 0.337 e. The lowest BCUT2D eigenvalue weighted by Crippen LogP contribution is -2.48. The molecule has 0 atom stereocenters. The van der Waals surface area contributed by atoms with Crippen molar-refractivity contribution in [3.63, 3.8) is 0 Å². The van der Waals surface area contributed by atoms with Crippen LogP contribution in [0.3, 0.4) is 0 Å². The van der Waals surface area contributed by atoms with Gasteiger partial charge in [0.25, 0.3) is 5.91 Å². The number of amides is 1. The second-order valence-corrected chi connectivity index (χ2v) is 8.36. The first-order chi connectivity index (χ1) is 13.3. The molecule has 2 aliphatic heterocycles. The summed E-state index contributed by atoms with van der Waals surface area (Å²) < 4.78 is 0. The number of para-hydroxylation sites is 2. The summed E-state index contributed by atoms with van der Waals surface area (Å²) in [6.07, 6.45) is 4.84. The van der Waals surface area contributed by atoms with Gasteiger partial charge in [0.2, 0.25) is 0 Å². The van der Waals surface area contributed by atoms with Gasteiger partial charge in [-0.2, -0.15) is 0 Å². The fourth-order valence-corrected chi connectivity index (χ4v) is 5.13. The van der Waals surface area contributed by atoms with Crippen LogP contribution >= 0.6 is 11.3 Å². The van der Waals surface area contributed by atoms with E-state index in [-0.39, 0.29) is 5.91 Å². The van der Waals surface area contributed by atoms with Crippen molar-refractivity contribution in [2.75, 3.05) is 19.6 Å². The molecule has 0 saturated carbocycles. The Morgan fingerprint density at radius 2 is 1.89 bits per heavy atom. The van der Waals surface area contributed by atoms with Crippen LogP contribution in [-0.2, 0) is 13.0 Å². The van der Waals surface area contributed by atoms with Crippen molar-refractivity contribution in [1.82, 2.24) is 19.8 Å². The quantitative estimate of drug-likeness (QED) is 0.686. The molecule has 1 amide bonds. The number of nitrogens with zero attached hydrogens (tertiary/aromatic N) is 4. The number of fused-ring (bicyclic) bond motifs is 2. The summed E-state index contributed by atoms with van der Waals surface area (Å²) in [6, 6.07) is 10.5. The van der Waals surface area contributed by atoms with E-state index < -0.39 is 0 Å². The second kappa shape index (κ2) is 7.02. The first-order valence-corrected chi connectivity index (χ1v) is 10.5. The highest BCUT2D eigenvalue weighted by atomic mass is 32.1. The Morgan fingerprint density at radius 1 is 1.07 bits per heavy atom. The predicted octanol–water partition coefficient (Wildman–Crippen LogP) is 3.35. The number of rotatable bonds is 2. The summed E-state index contributed by atoms with van der Waals surface area (Å²) in [4.78, 5) is 27.9. The van der Waals surface area contributed by atoms with Gasteiger partial charge in [-0.25, -0.2) is 4.98 Å². The first-order valence-electron chi connectivity index (χ1n) is 9.58. The monoisotopic (exact) mass is 378 g/mol. The highest BCUT2D eigenvalue weighted by Crippen LogP contribution is 2.28. The van der Waals surface area contributed by atoms with Crippen LogP contribution < -0.4 is 0 Å². The zero-order valence-corrected chi connectivity index (χ0v) is 16.0. The maximum Gasteiger partial charge on any atom is 0.274 e. The van der Waals surface area contributed by atoms with E-state index in [4.69, 9.17) is 0 Å². The van der Waals surface area contributed by atoms with Crippen LogP contribution in [-0.4, -0.2) is 51.4 Å².